The first-order valence-electron chi connectivity index (χ1n) is 7.60. The maximum atomic E-state index is 10.5. The molecule has 5 nitrogen and oxygen atoms in total. The maximum Gasteiger partial charge on any atom is 0.132 e. The van der Waals surface area contributed by atoms with E-state index in [-0.39, 0.29) is 6.10 Å². The summed E-state index contributed by atoms with van der Waals surface area (Å²) in [5, 5.41) is 13.9. The normalized spacial score (nSPS) is 29.8. The Morgan fingerprint density at radius 3 is 3.00 bits per heavy atom. The van der Waals surface area contributed by atoms with E-state index in [1.807, 2.05) is 6.92 Å². The van der Waals surface area contributed by atoms with Crippen LogP contribution in [0.25, 0.3) is 0 Å². The van der Waals surface area contributed by atoms with Gasteiger partial charge in [0.05, 0.1) is 6.10 Å². The second-order valence-electron chi connectivity index (χ2n) is 5.93. The standard InChI is InChI=1S/C15H23N3O2/c1-11-15(19,7-8-20-11)9-16-14-12-5-3-2-4-6-13(12)17-10-18-14/h10-11,19H,2-9H2,1H3,(H,16,17,18). The minimum absolute atomic E-state index is 0.129. The van der Waals surface area contributed by atoms with Crippen LogP contribution < -0.4 is 5.32 Å². The van der Waals surface area contributed by atoms with Crippen LogP contribution in [0, 0.1) is 0 Å². The van der Waals surface area contributed by atoms with Gasteiger partial charge < -0.3 is 15.2 Å². The Morgan fingerprint density at radius 1 is 1.35 bits per heavy atom. The summed E-state index contributed by atoms with van der Waals surface area (Å²) in [6, 6.07) is 0. The molecule has 1 aromatic rings. The van der Waals surface area contributed by atoms with Crippen molar-refractivity contribution < 1.29 is 9.84 Å². The van der Waals surface area contributed by atoms with Crippen LogP contribution in [-0.2, 0) is 17.6 Å². The highest BCUT2D eigenvalue weighted by Crippen LogP contribution is 2.28. The smallest absolute Gasteiger partial charge is 0.132 e. The number of aromatic nitrogens is 2. The zero-order valence-corrected chi connectivity index (χ0v) is 12.1. The largest absolute Gasteiger partial charge is 0.385 e. The lowest BCUT2D eigenvalue weighted by atomic mass is 9.96. The van der Waals surface area contributed by atoms with Gasteiger partial charge in [0.15, 0.2) is 0 Å². The number of nitrogens with one attached hydrogen (secondary N) is 1. The van der Waals surface area contributed by atoms with Crippen molar-refractivity contribution in [2.45, 2.75) is 57.2 Å². The molecule has 0 bridgehead atoms. The first kappa shape index (κ1) is 13.8. The van der Waals surface area contributed by atoms with Crippen molar-refractivity contribution in [1.29, 1.82) is 0 Å². The molecule has 5 heteroatoms. The molecule has 0 saturated carbocycles. The summed E-state index contributed by atoms with van der Waals surface area (Å²) in [5.41, 5.74) is 1.62. The Balaban J connectivity index is 1.74. The predicted molar refractivity (Wildman–Crippen MR) is 76.8 cm³/mol. The second kappa shape index (κ2) is 5.66. The topological polar surface area (TPSA) is 67.3 Å². The summed E-state index contributed by atoms with van der Waals surface area (Å²) >= 11 is 0. The molecule has 2 unspecified atom stereocenters. The Bertz CT molecular complexity index is 480. The van der Waals surface area contributed by atoms with Gasteiger partial charge >= 0.3 is 0 Å². The van der Waals surface area contributed by atoms with E-state index >= 15 is 0 Å². The van der Waals surface area contributed by atoms with Crippen LogP contribution in [-0.4, -0.2) is 39.9 Å². The summed E-state index contributed by atoms with van der Waals surface area (Å²) in [6.07, 6.45) is 7.90. The van der Waals surface area contributed by atoms with Gasteiger partial charge in [-0.05, 0) is 32.6 Å². The van der Waals surface area contributed by atoms with Crippen LogP contribution >= 0.6 is 0 Å². The third-order valence-corrected chi connectivity index (χ3v) is 4.60. The van der Waals surface area contributed by atoms with Gasteiger partial charge in [-0.3, -0.25) is 0 Å². The summed E-state index contributed by atoms with van der Waals surface area (Å²) in [6.45, 7) is 3.04. The number of hydrogen-bond donors (Lipinski definition) is 2. The maximum absolute atomic E-state index is 10.5. The van der Waals surface area contributed by atoms with Crippen molar-refractivity contribution in [1.82, 2.24) is 9.97 Å². The molecule has 2 N–H and O–H groups in total. The van der Waals surface area contributed by atoms with Crippen molar-refractivity contribution in [3.63, 3.8) is 0 Å². The lowest BCUT2D eigenvalue weighted by Gasteiger charge is -2.27. The van der Waals surface area contributed by atoms with Crippen LogP contribution in [0.1, 0.15) is 43.9 Å². The molecule has 2 heterocycles. The van der Waals surface area contributed by atoms with E-state index in [9.17, 15) is 5.11 Å². The molecule has 1 saturated heterocycles. The van der Waals surface area contributed by atoms with Crippen LogP contribution in [0.3, 0.4) is 0 Å². The molecule has 1 aliphatic carbocycles. The number of ether oxygens (including phenoxy) is 1. The number of aryl methyl sites for hydroxylation is 1. The van der Waals surface area contributed by atoms with E-state index in [1.165, 1.54) is 30.5 Å². The Hall–Kier alpha value is -1.20. The van der Waals surface area contributed by atoms with Crippen molar-refractivity contribution in [2.75, 3.05) is 18.5 Å². The van der Waals surface area contributed by atoms with Gasteiger partial charge in [0.1, 0.15) is 17.7 Å². The first-order chi connectivity index (χ1) is 9.69. The quantitative estimate of drug-likeness (QED) is 0.823. The molecule has 0 radical (unpaired) electrons. The second-order valence-corrected chi connectivity index (χ2v) is 5.93. The van der Waals surface area contributed by atoms with E-state index in [1.54, 1.807) is 6.33 Å². The average molecular weight is 277 g/mol. The van der Waals surface area contributed by atoms with Crippen LogP contribution in [0.15, 0.2) is 6.33 Å². The van der Waals surface area contributed by atoms with E-state index in [2.05, 4.69) is 15.3 Å². The number of hydrogen-bond acceptors (Lipinski definition) is 5. The third-order valence-electron chi connectivity index (χ3n) is 4.60. The Morgan fingerprint density at radius 2 is 2.20 bits per heavy atom. The summed E-state index contributed by atoms with van der Waals surface area (Å²) in [5.74, 6) is 0.893. The van der Waals surface area contributed by atoms with Gasteiger partial charge in [-0.25, -0.2) is 9.97 Å². The van der Waals surface area contributed by atoms with E-state index < -0.39 is 5.60 Å². The van der Waals surface area contributed by atoms with Crippen LogP contribution in [0.2, 0.25) is 0 Å². The predicted octanol–water partition coefficient (Wildman–Crippen LogP) is 1.70. The van der Waals surface area contributed by atoms with Crippen LogP contribution in [0.4, 0.5) is 5.82 Å². The molecule has 1 aliphatic heterocycles. The number of aliphatic hydroxyl groups is 1. The minimum Gasteiger partial charge on any atom is -0.385 e. The molecule has 3 rings (SSSR count). The average Bonchev–Trinajstić information content (AvgIpc) is 2.67. The van der Waals surface area contributed by atoms with E-state index in [4.69, 9.17) is 4.74 Å². The fourth-order valence-corrected chi connectivity index (χ4v) is 3.09. The summed E-state index contributed by atoms with van der Waals surface area (Å²) < 4.78 is 5.47. The molecular weight excluding hydrogens is 254 g/mol. The van der Waals surface area contributed by atoms with Gasteiger partial charge in [-0.15, -0.1) is 0 Å². The SMILES string of the molecule is CC1OCCC1(O)CNc1ncnc2c1CCCCC2. The number of fused-ring (bicyclic) bond motifs is 1. The molecule has 110 valence electrons. The Labute approximate surface area is 119 Å². The fourth-order valence-electron chi connectivity index (χ4n) is 3.09. The molecule has 1 aromatic heterocycles. The molecular formula is C15H23N3O2. The van der Waals surface area contributed by atoms with Gasteiger partial charge in [0, 0.05) is 30.8 Å². The lowest BCUT2D eigenvalue weighted by molar-refractivity contribution is -0.0176. The van der Waals surface area contributed by atoms with Crippen molar-refractivity contribution in [3.8, 4) is 0 Å². The molecule has 20 heavy (non-hydrogen) atoms. The van der Waals surface area contributed by atoms with Crippen molar-refractivity contribution in [3.05, 3.63) is 17.6 Å². The monoisotopic (exact) mass is 277 g/mol. The van der Waals surface area contributed by atoms with Gasteiger partial charge in [0.2, 0.25) is 0 Å². The molecule has 0 amide bonds. The van der Waals surface area contributed by atoms with Gasteiger partial charge in [-0.2, -0.15) is 0 Å². The number of rotatable bonds is 3. The molecule has 1 fully saturated rings. The third kappa shape index (κ3) is 2.65. The minimum atomic E-state index is -0.789. The molecule has 2 aliphatic rings. The zero-order valence-electron chi connectivity index (χ0n) is 12.1. The van der Waals surface area contributed by atoms with E-state index in [0.717, 1.165) is 18.7 Å². The first-order valence-corrected chi connectivity index (χ1v) is 7.60. The molecule has 0 spiro atoms. The molecule has 0 aromatic carbocycles. The highest BCUT2D eigenvalue weighted by molar-refractivity contribution is 5.47. The lowest BCUT2D eigenvalue weighted by Crippen LogP contribution is -2.43. The van der Waals surface area contributed by atoms with Crippen LogP contribution in [0.5, 0.6) is 0 Å². The van der Waals surface area contributed by atoms with Gasteiger partial charge in [0.25, 0.3) is 0 Å². The Kier molecular flexibility index (Phi) is 3.89. The molecule has 2 atom stereocenters. The number of anilines is 1. The summed E-state index contributed by atoms with van der Waals surface area (Å²) in [4.78, 5) is 8.79. The van der Waals surface area contributed by atoms with Crippen molar-refractivity contribution in [2.24, 2.45) is 0 Å². The number of nitrogens with zero attached hydrogens (tertiary/aromatic N) is 2. The van der Waals surface area contributed by atoms with E-state index in [0.29, 0.717) is 19.6 Å². The highest BCUT2D eigenvalue weighted by atomic mass is 16.5. The zero-order chi connectivity index (χ0) is 14.0. The summed E-state index contributed by atoms with van der Waals surface area (Å²) in [7, 11) is 0. The fraction of sp³-hybridized carbons (Fsp3) is 0.733. The highest BCUT2D eigenvalue weighted by Gasteiger charge is 2.39. The van der Waals surface area contributed by atoms with Gasteiger partial charge in [-0.1, -0.05) is 6.42 Å². The van der Waals surface area contributed by atoms with Crippen molar-refractivity contribution >= 4 is 5.82 Å².